The predicted octanol–water partition coefficient (Wildman–Crippen LogP) is 6.28. The zero-order valence-corrected chi connectivity index (χ0v) is 25.7. The van der Waals surface area contributed by atoms with Crippen molar-refractivity contribution in [1.29, 1.82) is 0 Å². The summed E-state index contributed by atoms with van der Waals surface area (Å²) in [7, 11) is 0. The van der Waals surface area contributed by atoms with Crippen LogP contribution in [0, 0.1) is 5.92 Å². The minimum Gasteiger partial charge on any atom is -0.487 e. The summed E-state index contributed by atoms with van der Waals surface area (Å²) in [6, 6.07) is 13.8. The maximum Gasteiger partial charge on any atom is 0.225 e. The molecule has 220 valence electrons. The number of likely N-dealkylation sites (tertiary alicyclic amines) is 1. The molecule has 1 unspecified atom stereocenters. The molecule has 1 atom stereocenters. The second-order valence-corrected chi connectivity index (χ2v) is 12.3. The van der Waals surface area contributed by atoms with Crippen LogP contribution in [0.2, 0.25) is 5.02 Å². The van der Waals surface area contributed by atoms with Crippen LogP contribution in [0.1, 0.15) is 64.2 Å². The molecule has 1 amide bonds. The highest BCUT2D eigenvalue weighted by Crippen LogP contribution is 2.38. The SMILES string of the molecule is C/C=C\C1=C(N)COc2ccc(C(C)(C)O)cc2/C1=C/CCN1CCC(N(Cc2ccc(Cl)cc2)C(=O)C(C)C)C1. The summed E-state index contributed by atoms with van der Waals surface area (Å²) in [6.07, 6.45) is 8.03. The lowest BCUT2D eigenvalue weighted by Gasteiger charge is -2.31. The van der Waals surface area contributed by atoms with E-state index in [2.05, 4.69) is 15.9 Å². The largest absolute Gasteiger partial charge is 0.487 e. The number of ether oxygens (including phenoxy) is 1. The van der Waals surface area contributed by atoms with Gasteiger partial charge in [-0.3, -0.25) is 4.79 Å². The van der Waals surface area contributed by atoms with E-state index in [1.54, 1.807) is 13.8 Å². The Hall–Kier alpha value is -3.06. The molecule has 0 aromatic heterocycles. The topological polar surface area (TPSA) is 79.0 Å². The molecule has 0 spiro atoms. The number of aliphatic hydroxyl groups is 1. The predicted molar refractivity (Wildman–Crippen MR) is 167 cm³/mol. The van der Waals surface area contributed by atoms with E-state index >= 15 is 0 Å². The van der Waals surface area contributed by atoms with E-state index < -0.39 is 5.60 Å². The average Bonchev–Trinajstić information content (AvgIpc) is 3.35. The molecule has 2 aromatic carbocycles. The van der Waals surface area contributed by atoms with Gasteiger partial charge in [-0.25, -0.2) is 0 Å². The molecule has 2 heterocycles. The van der Waals surface area contributed by atoms with Crippen molar-refractivity contribution in [2.75, 3.05) is 26.2 Å². The van der Waals surface area contributed by atoms with E-state index in [1.165, 1.54) is 0 Å². The first-order valence-corrected chi connectivity index (χ1v) is 14.9. The van der Waals surface area contributed by atoms with Crippen molar-refractivity contribution in [3.8, 4) is 5.75 Å². The molecule has 2 aromatic rings. The number of fused-ring (bicyclic) bond motifs is 1. The van der Waals surface area contributed by atoms with Gasteiger partial charge in [-0.1, -0.05) is 61.9 Å². The van der Waals surface area contributed by atoms with E-state index in [0.29, 0.717) is 23.9 Å². The Bertz CT molecular complexity index is 1320. The van der Waals surface area contributed by atoms with E-state index in [9.17, 15) is 9.90 Å². The molecule has 0 radical (unpaired) electrons. The molecule has 0 aliphatic carbocycles. The van der Waals surface area contributed by atoms with Crippen LogP contribution in [-0.2, 0) is 16.9 Å². The van der Waals surface area contributed by atoms with Crippen molar-refractivity contribution in [1.82, 2.24) is 9.80 Å². The van der Waals surface area contributed by atoms with Crippen LogP contribution < -0.4 is 10.5 Å². The molecule has 2 aliphatic rings. The highest BCUT2D eigenvalue weighted by molar-refractivity contribution is 6.30. The average molecular weight is 578 g/mol. The Morgan fingerprint density at radius 2 is 1.98 bits per heavy atom. The molecule has 3 N–H and O–H groups in total. The number of rotatable bonds is 9. The third kappa shape index (κ3) is 7.62. The normalized spacial score (nSPS) is 19.1. The molecule has 6 nitrogen and oxygen atoms in total. The lowest BCUT2D eigenvalue weighted by molar-refractivity contribution is -0.137. The van der Waals surface area contributed by atoms with E-state index in [0.717, 1.165) is 66.1 Å². The summed E-state index contributed by atoms with van der Waals surface area (Å²) in [5, 5.41) is 11.4. The highest BCUT2D eigenvalue weighted by atomic mass is 35.5. The number of nitrogens with two attached hydrogens (primary N) is 1. The number of carbonyl (C=O) groups is 1. The van der Waals surface area contributed by atoms with Gasteiger partial charge in [0.1, 0.15) is 12.4 Å². The molecular weight excluding hydrogens is 534 g/mol. The number of halogens is 1. The quantitative estimate of drug-likeness (QED) is 0.367. The standard InChI is InChI=1S/C34H44ClN3O3/c1-6-8-29-28(30-19-25(34(4,5)40)12-15-32(30)41-22-31(29)36)9-7-17-37-18-16-27(21-37)38(33(39)23(2)3)20-24-10-13-26(35)14-11-24/h6,8-15,19,23,27,40H,7,16-18,20-22,36H2,1-5H3/b8-6-,28-9+. The highest BCUT2D eigenvalue weighted by Gasteiger charge is 2.31. The summed E-state index contributed by atoms with van der Waals surface area (Å²) >= 11 is 6.09. The van der Waals surface area contributed by atoms with Crippen molar-refractivity contribution in [2.45, 2.75) is 65.6 Å². The minimum atomic E-state index is -0.974. The monoisotopic (exact) mass is 577 g/mol. The molecule has 7 heteroatoms. The number of benzene rings is 2. The summed E-state index contributed by atoms with van der Waals surface area (Å²) in [4.78, 5) is 17.7. The maximum absolute atomic E-state index is 13.2. The van der Waals surface area contributed by atoms with Crippen molar-refractivity contribution in [2.24, 2.45) is 11.7 Å². The van der Waals surface area contributed by atoms with Gasteiger partial charge in [0.25, 0.3) is 0 Å². The van der Waals surface area contributed by atoms with Crippen molar-refractivity contribution in [3.63, 3.8) is 0 Å². The van der Waals surface area contributed by atoms with Crippen molar-refractivity contribution in [3.05, 3.63) is 93.7 Å². The summed E-state index contributed by atoms with van der Waals surface area (Å²) < 4.78 is 6.06. The van der Waals surface area contributed by atoms with Gasteiger partial charge in [-0.05, 0) is 74.6 Å². The Labute approximate surface area is 250 Å². The second kappa shape index (κ2) is 13.3. The van der Waals surface area contributed by atoms with Gasteiger partial charge in [-0.2, -0.15) is 0 Å². The Kier molecular flexibility index (Phi) is 10.0. The molecule has 1 fully saturated rings. The van der Waals surface area contributed by atoms with Gasteiger partial charge in [0.2, 0.25) is 5.91 Å². The molecule has 41 heavy (non-hydrogen) atoms. The molecular formula is C34H44ClN3O3. The van der Waals surface area contributed by atoms with E-state index in [1.807, 2.05) is 75.4 Å². The summed E-state index contributed by atoms with van der Waals surface area (Å²) in [5.74, 6) is 0.885. The van der Waals surface area contributed by atoms with Crippen LogP contribution in [0.4, 0.5) is 0 Å². The second-order valence-electron chi connectivity index (χ2n) is 11.9. The number of carbonyl (C=O) groups excluding carboxylic acids is 1. The number of nitrogens with zero attached hydrogens (tertiary/aromatic N) is 2. The molecule has 1 saturated heterocycles. The lowest BCUT2D eigenvalue weighted by atomic mass is 9.90. The fourth-order valence-electron chi connectivity index (χ4n) is 5.55. The van der Waals surface area contributed by atoms with Crippen molar-refractivity contribution >= 4 is 23.1 Å². The van der Waals surface area contributed by atoms with Crippen LogP contribution in [0.3, 0.4) is 0 Å². The van der Waals surface area contributed by atoms with E-state index in [-0.39, 0.29) is 17.9 Å². The van der Waals surface area contributed by atoms with Gasteiger partial charge < -0.3 is 25.4 Å². The van der Waals surface area contributed by atoms with Gasteiger partial charge in [-0.15, -0.1) is 0 Å². The zero-order chi connectivity index (χ0) is 29.7. The van der Waals surface area contributed by atoms with Crippen LogP contribution in [0.25, 0.3) is 5.57 Å². The first kappa shape index (κ1) is 30.9. The molecule has 4 rings (SSSR count). The Morgan fingerprint density at radius 3 is 2.63 bits per heavy atom. The molecule has 2 aliphatic heterocycles. The summed E-state index contributed by atoms with van der Waals surface area (Å²) in [6.45, 7) is 13.1. The number of hydrogen-bond acceptors (Lipinski definition) is 5. The smallest absolute Gasteiger partial charge is 0.225 e. The third-order valence-electron chi connectivity index (χ3n) is 7.85. The van der Waals surface area contributed by atoms with Crippen LogP contribution in [0.5, 0.6) is 5.75 Å². The van der Waals surface area contributed by atoms with Crippen molar-refractivity contribution < 1.29 is 14.6 Å². The minimum absolute atomic E-state index is 0.0605. The molecule has 0 saturated carbocycles. The van der Waals surface area contributed by atoms with Crippen LogP contribution in [-0.4, -0.2) is 53.1 Å². The molecule has 0 bridgehead atoms. The fraction of sp³-hybridized carbons (Fsp3) is 0.441. The fourth-order valence-corrected chi connectivity index (χ4v) is 5.67. The van der Waals surface area contributed by atoms with Gasteiger partial charge >= 0.3 is 0 Å². The van der Waals surface area contributed by atoms with Gasteiger partial charge in [0.15, 0.2) is 0 Å². The van der Waals surface area contributed by atoms with Crippen LogP contribution >= 0.6 is 11.6 Å². The first-order valence-electron chi connectivity index (χ1n) is 14.6. The first-order chi connectivity index (χ1) is 19.5. The third-order valence-corrected chi connectivity index (χ3v) is 8.11. The number of hydrogen-bond donors (Lipinski definition) is 2. The summed E-state index contributed by atoms with van der Waals surface area (Å²) in [5.41, 5.74) is 11.0. The maximum atomic E-state index is 13.2. The van der Waals surface area contributed by atoms with E-state index in [4.69, 9.17) is 22.1 Å². The number of allylic oxidation sites excluding steroid dienone is 4. The van der Waals surface area contributed by atoms with Gasteiger partial charge in [0, 0.05) is 54.3 Å². The Morgan fingerprint density at radius 1 is 1.24 bits per heavy atom. The van der Waals surface area contributed by atoms with Crippen LogP contribution in [0.15, 0.2) is 72.0 Å². The van der Waals surface area contributed by atoms with Gasteiger partial charge in [0.05, 0.1) is 11.3 Å². The lowest BCUT2D eigenvalue weighted by Crippen LogP contribution is -2.43. The number of amides is 1. The zero-order valence-electron chi connectivity index (χ0n) is 25.0. The Balaban J connectivity index is 1.53.